The van der Waals surface area contributed by atoms with Crippen molar-refractivity contribution in [2.24, 2.45) is 0 Å². The van der Waals surface area contributed by atoms with Crippen LogP contribution < -0.4 is 31.7 Å². The molecule has 8 saturated heterocycles. The standard InChI is InChI=1S/C63H105N5O47/c1-17(79)65-32-40(90)36(86)23(7-71)102-55(32)101-15-29-39(89)53(113-57-34(67-19(3)81)42(92)49(27(11-75)106-57)110-61-47(97)54(38(88)25(9-73)104-61)115-63(62(98)99)4-21(82)31(68-30(84)13-77)51(114-63)35(85)22(83)6-70)46(96)60(108-29)109-48-26(10-74)105-56(33(41(48)91)66-18(2)80)112-52-37(87)24(8-72)103-59(45(52)95)111-50-28(12-76)107-58(44(94)43(50)93)100-14-20(5-69)64-16-78/h16,20-29,31-61,69-77,82-83,85-97H,4-15H2,1-3H3,(H,64,78)(H,65,79)(H,66,80)(H,67,81)(H,68,84)(H,98,99)/p-1/t20-,21+,22-,23-,24-,25-,26-,27-,28-,29-,31-,32-,33-,34-,35-,36-,37+,38+,39+,40-,41-,42-,43-,44-,45-,46-,47-,48-,49-,50-,51-,52+,53+,54+,55-,56+,57+,58-,59+,60+,61+,63+/m1/s1. The number of carbonyl (C=O) groups excluding carboxylic acids is 6. The second-order valence-corrected chi connectivity index (χ2v) is 28.3. The van der Waals surface area contributed by atoms with E-state index in [1.54, 1.807) is 0 Å². The van der Waals surface area contributed by atoms with Gasteiger partial charge >= 0.3 is 0 Å². The number of rotatable bonds is 36. The van der Waals surface area contributed by atoms with Crippen molar-refractivity contribution < 1.29 is 232 Å². The molecule has 0 aliphatic carbocycles. The Morgan fingerprint density at radius 3 is 1.24 bits per heavy atom. The molecule has 42 atom stereocenters. The quantitative estimate of drug-likeness (QED) is 0.0259. The van der Waals surface area contributed by atoms with Gasteiger partial charge in [-0.2, -0.15) is 0 Å². The fourth-order valence-corrected chi connectivity index (χ4v) is 14.3. The first kappa shape index (κ1) is 95.7. The van der Waals surface area contributed by atoms with Crippen LogP contribution in [0.1, 0.15) is 27.2 Å². The van der Waals surface area contributed by atoms with E-state index in [9.17, 15) is 156 Å². The van der Waals surface area contributed by atoms with Crippen LogP contribution in [0.15, 0.2) is 0 Å². The van der Waals surface area contributed by atoms with E-state index in [2.05, 4.69) is 21.3 Å². The van der Waals surface area contributed by atoms with E-state index >= 15 is 0 Å². The molecule has 0 aromatic carbocycles. The highest BCUT2D eigenvalue weighted by atomic mass is 16.8. The van der Waals surface area contributed by atoms with Gasteiger partial charge in [-0.3, -0.25) is 24.0 Å². The van der Waals surface area contributed by atoms with E-state index in [1.165, 1.54) is 0 Å². The Labute approximate surface area is 650 Å². The lowest BCUT2D eigenvalue weighted by molar-refractivity contribution is -0.411. The van der Waals surface area contributed by atoms with E-state index in [-0.39, 0.29) is 6.41 Å². The Morgan fingerprint density at radius 2 is 0.817 bits per heavy atom. The zero-order chi connectivity index (χ0) is 85.1. The molecular formula is C63H104N5O47-. The largest absolute Gasteiger partial charge is 0.544 e. The van der Waals surface area contributed by atoms with Gasteiger partial charge in [0.15, 0.2) is 44.0 Å². The summed E-state index contributed by atoms with van der Waals surface area (Å²) in [6.07, 6.45) is -78.7. The van der Waals surface area contributed by atoms with Crippen LogP contribution in [-0.2, 0) is 105 Å². The van der Waals surface area contributed by atoms with Gasteiger partial charge in [0.2, 0.25) is 35.8 Å². The first-order valence-electron chi connectivity index (χ1n) is 36.1. The SMILES string of the molecule is CC(=O)N[C@H]1[C@H](O[C@H]2[C@@H](O)[C@@H](CO)O[C@@H](O[C@H]3[C@H](O)[C@@H](O)[C@H](OC[C@@H](CO)NC=O)O[C@@H]3CO)[C@@H]2O)O[C@H](CO)[C@@H](O[C@@H]2O[C@H](CO[C@@H]3O[C@H](CO)[C@@H](O)[C@H](O)[C@H]3NC(C)=O)[C@H](O)[C@H](O[C@@H]3O[C@H](CO)[C@@H](O[C@@H]4O[C@H](CO)[C@H](O)[C@H](O[C@]5(C(=O)[O-])C[C@H](O)[C@@H](NC(=O)CO)[C@H]([C@H](O)[C@H](O)CO)O5)[C@H]4O)[C@H](O)[C@H]3NC(C)=O)[C@H]2O)[C@@H]1O. The van der Waals surface area contributed by atoms with Crippen molar-refractivity contribution in [3.63, 3.8) is 0 Å². The monoisotopic (exact) mass is 1680 g/mol. The van der Waals surface area contributed by atoms with Crippen molar-refractivity contribution in [3.05, 3.63) is 0 Å². The number of aliphatic hydroxyl groups excluding tert-OH is 24. The number of carboxylic acids is 1. The van der Waals surface area contributed by atoms with Gasteiger partial charge in [0, 0.05) is 27.2 Å². The van der Waals surface area contributed by atoms with Crippen LogP contribution in [0.5, 0.6) is 0 Å². The molecule has 5 amide bonds. The van der Waals surface area contributed by atoms with Gasteiger partial charge in [-0.05, 0) is 0 Å². The summed E-state index contributed by atoms with van der Waals surface area (Å²) in [5, 5.41) is 290. The highest BCUT2D eigenvalue weighted by molar-refractivity contribution is 5.78. The van der Waals surface area contributed by atoms with E-state index in [0.717, 1.165) is 20.8 Å². The summed E-state index contributed by atoms with van der Waals surface area (Å²) in [6, 6.07) is -8.75. The van der Waals surface area contributed by atoms with Crippen molar-refractivity contribution in [3.8, 4) is 0 Å². The second kappa shape index (κ2) is 42.6. The summed E-state index contributed by atoms with van der Waals surface area (Å²) in [5.41, 5.74) is 0. The molecule has 0 radical (unpaired) electrons. The number of nitrogens with one attached hydrogen (secondary N) is 5. The van der Waals surface area contributed by atoms with Gasteiger partial charge < -0.3 is 235 Å². The van der Waals surface area contributed by atoms with Crippen LogP contribution in [0.3, 0.4) is 0 Å². The number of carbonyl (C=O) groups is 6. The lowest BCUT2D eigenvalue weighted by Crippen LogP contribution is -2.72. The maximum Gasteiger partial charge on any atom is 0.246 e. The number of hydrogen-bond acceptors (Lipinski definition) is 47. The Morgan fingerprint density at radius 1 is 0.426 bits per heavy atom. The average Bonchev–Trinajstić information content (AvgIpc) is 1.08. The first-order chi connectivity index (χ1) is 54.4. The van der Waals surface area contributed by atoms with E-state index in [4.69, 9.17) is 75.8 Å². The predicted molar refractivity (Wildman–Crippen MR) is 351 cm³/mol. The van der Waals surface area contributed by atoms with E-state index in [0.29, 0.717) is 0 Å². The molecule has 52 nitrogen and oxygen atoms in total. The maximum atomic E-state index is 13.2. The number of amides is 5. The van der Waals surface area contributed by atoms with Crippen LogP contribution in [0.25, 0.3) is 0 Å². The molecule has 0 saturated carbocycles. The minimum Gasteiger partial charge on any atom is -0.544 e. The fraction of sp³-hybridized carbons (Fsp3) is 0.905. The number of carboxylic acid groups (broad SMARTS) is 1. The maximum absolute atomic E-state index is 13.2. The number of ether oxygens (including phenoxy) is 16. The topological polar surface area (TPSA) is 819 Å². The minimum absolute atomic E-state index is 0.242. The van der Waals surface area contributed by atoms with E-state index < -0.39 is 366 Å². The van der Waals surface area contributed by atoms with Crippen molar-refractivity contribution in [1.82, 2.24) is 26.6 Å². The fourth-order valence-electron chi connectivity index (χ4n) is 14.3. The lowest BCUT2D eigenvalue weighted by Gasteiger charge is -2.52. The van der Waals surface area contributed by atoms with Gasteiger partial charge in [-0.1, -0.05) is 0 Å². The highest BCUT2D eigenvalue weighted by Gasteiger charge is 2.62. The number of aliphatic hydroxyl groups is 24. The van der Waals surface area contributed by atoms with Crippen LogP contribution in [-0.4, -0.2) is 488 Å². The second-order valence-electron chi connectivity index (χ2n) is 28.3. The van der Waals surface area contributed by atoms with Crippen LogP contribution in [0.4, 0.5) is 0 Å². The van der Waals surface area contributed by atoms with Crippen molar-refractivity contribution in [2.75, 3.05) is 72.7 Å². The third-order valence-electron chi connectivity index (χ3n) is 20.3. The number of aliphatic carboxylic acids is 1. The molecule has 8 aliphatic heterocycles. The summed E-state index contributed by atoms with van der Waals surface area (Å²) >= 11 is 0. The van der Waals surface area contributed by atoms with Crippen LogP contribution in [0.2, 0.25) is 0 Å². The molecule has 0 aromatic rings. The highest BCUT2D eigenvalue weighted by Crippen LogP contribution is 2.41. The summed E-state index contributed by atoms with van der Waals surface area (Å²) in [6.45, 7) is -8.81. The van der Waals surface area contributed by atoms with Crippen molar-refractivity contribution in [1.29, 1.82) is 0 Å². The van der Waals surface area contributed by atoms with Crippen molar-refractivity contribution in [2.45, 2.75) is 284 Å². The van der Waals surface area contributed by atoms with E-state index in [1.807, 2.05) is 5.32 Å². The average molecular weight is 1680 g/mol. The molecule has 52 heteroatoms. The van der Waals surface area contributed by atoms with Gasteiger partial charge in [-0.15, -0.1) is 0 Å². The summed E-state index contributed by atoms with van der Waals surface area (Å²) in [4.78, 5) is 75.1. The minimum atomic E-state index is -3.47. The first-order valence-corrected chi connectivity index (χ1v) is 36.1. The molecule has 0 spiro atoms. The molecule has 0 aromatic heterocycles. The van der Waals surface area contributed by atoms with Crippen LogP contribution in [0, 0.1) is 0 Å². The zero-order valence-electron chi connectivity index (χ0n) is 61.4. The lowest BCUT2D eigenvalue weighted by atomic mass is 9.88. The summed E-state index contributed by atoms with van der Waals surface area (Å²) in [5.74, 6) is -10.0. The normalized spacial score (nSPS) is 44.7. The molecule has 0 bridgehead atoms. The molecule has 8 heterocycles. The summed E-state index contributed by atoms with van der Waals surface area (Å²) in [7, 11) is 0. The zero-order valence-corrected chi connectivity index (χ0v) is 61.4. The molecular weight excluding hydrogens is 1580 g/mol. The van der Waals surface area contributed by atoms with Crippen LogP contribution >= 0.6 is 0 Å². The molecule has 8 aliphatic rings. The molecule has 115 heavy (non-hydrogen) atoms. The predicted octanol–water partition coefficient (Wildman–Crippen LogP) is -21.9. The third-order valence-corrected chi connectivity index (χ3v) is 20.3. The Kier molecular flexibility index (Phi) is 35.5. The third kappa shape index (κ3) is 21.9. The molecule has 0 unspecified atom stereocenters. The van der Waals surface area contributed by atoms with Gasteiger partial charge in [-0.25, -0.2) is 0 Å². The molecule has 8 fully saturated rings. The smallest absolute Gasteiger partial charge is 0.246 e. The molecule has 29 N–H and O–H groups in total. The molecule has 8 rings (SSSR count). The number of hydrogen-bond donors (Lipinski definition) is 29. The van der Waals surface area contributed by atoms with Gasteiger partial charge in [0.25, 0.3) is 0 Å². The molecule has 664 valence electrons. The van der Waals surface area contributed by atoms with Gasteiger partial charge in [0.05, 0.1) is 84.3 Å². The Balaban J connectivity index is 1.07. The van der Waals surface area contributed by atoms with Crippen molar-refractivity contribution >= 4 is 36.0 Å². The van der Waals surface area contributed by atoms with Gasteiger partial charge in [0.1, 0.15) is 202 Å². The summed E-state index contributed by atoms with van der Waals surface area (Å²) < 4.78 is 93.4. The Hall–Kier alpha value is -4.78. The Bertz CT molecular complexity index is 3080.